The molecule has 5 heteroatoms. The molecule has 0 radical (unpaired) electrons. The number of hydrogen-bond donors (Lipinski definition) is 0. The number of hydrogen-bond acceptors (Lipinski definition) is 3. The van der Waals surface area contributed by atoms with E-state index in [4.69, 9.17) is 0 Å². The quantitative estimate of drug-likeness (QED) is 0.830. The first-order valence-corrected chi connectivity index (χ1v) is 9.01. The van der Waals surface area contributed by atoms with Gasteiger partial charge < -0.3 is 14.7 Å². The summed E-state index contributed by atoms with van der Waals surface area (Å²) in [5.41, 5.74) is 2.51. The molecule has 0 unspecified atom stereocenters. The summed E-state index contributed by atoms with van der Waals surface area (Å²) in [6.07, 6.45) is 0.834. The van der Waals surface area contributed by atoms with Gasteiger partial charge >= 0.3 is 0 Å². The lowest BCUT2D eigenvalue weighted by Crippen LogP contribution is -2.41. The van der Waals surface area contributed by atoms with E-state index in [9.17, 15) is 9.59 Å². The van der Waals surface area contributed by atoms with E-state index in [-0.39, 0.29) is 11.8 Å². The number of anilines is 2. The Kier molecular flexibility index (Phi) is 5.38. The third-order valence-electron chi connectivity index (χ3n) is 4.64. The summed E-state index contributed by atoms with van der Waals surface area (Å²) in [5, 5.41) is 0. The Balaban J connectivity index is 2.11. The number of amides is 2. The van der Waals surface area contributed by atoms with Crippen molar-refractivity contribution in [1.82, 2.24) is 4.90 Å². The first-order valence-electron chi connectivity index (χ1n) is 9.01. The van der Waals surface area contributed by atoms with E-state index in [1.54, 1.807) is 21.9 Å². The Labute approximate surface area is 154 Å². The summed E-state index contributed by atoms with van der Waals surface area (Å²) in [7, 11) is 4.03. The predicted octanol–water partition coefficient (Wildman–Crippen LogP) is 3.27. The van der Waals surface area contributed by atoms with Gasteiger partial charge in [-0.05, 0) is 58.3 Å². The molecule has 0 aromatic heterocycles. The highest BCUT2D eigenvalue weighted by Crippen LogP contribution is 2.32. The minimum absolute atomic E-state index is 0.0576. The Bertz CT molecular complexity index is 816. The molecule has 1 heterocycles. The second-order valence-corrected chi connectivity index (χ2v) is 6.70. The second kappa shape index (κ2) is 7.70. The van der Waals surface area contributed by atoms with Gasteiger partial charge in [-0.2, -0.15) is 0 Å². The normalized spacial score (nSPS) is 14.2. The largest absolute Gasteiger partial charge is 0.309 e. The van der Waals surface area contributed by atoms with Crippen LogP contribution in [-0.4, -0.2) is 50.4 Å². The highest BCUT2D eigenvalue weighted by molar-refractivity contribution is 6.20. The molecular weight excluding hydrogens is 326 g/mol. The molecule has 5 nitrogen and oxygen atoms in total. The van der Waals surface area contributed by atoms with Crippen LogP contribution in [0.15, 0.2) is 48.5 Å². The van der Waals surface area contributed by atoms with Gasteiger partial charge in [-0.25, -0.2) is 0 Å². The lowest BCUT2D eigenvalue weighted by molar-refractivity contribution is 0.0974. The lowest BCUT2D eigenvalue weighted by atomic mass is 10.0. The fourth-order valence-electron chi connectivity index (χ4n) is 3.37. The van der Waals surface area contributed by atoms with E-state index in [1.807, 2.05) is 57.4 Å². The summed E-state index contributed by atoms with van der Waals surface area (Å²) in [4.78, 5) is 32.1. The van der Waals surface area contributed by atoms with Crippen LogP contribution in [0.2, 0.25) is 0 Å². The molecule has 2 amide bonds. The van der Waals surface area contributed by atoms with Gasteiger partial charge in [-0.15, -0.1) is 0 Å². The van der Waals surface area contributed by atoms with Gasteiger partial charge in [-0.1, -0.05) is 24.3 Å². The minimum Gasteiger partial charge on any atom is -0.309 e. The van der Waals surface area contributed by atoms with Crippen LogP contribution >= 0.6 is 0 Å². The summed E-state index contributed by atoms with van der Waals surface area (Å²) >= 11 is 0. The number of rotatable bonds is 5. The third-order valence-corrected chi connectivity index (χ3v) is 4.64. The number of benzene rings is 2. The zero-order chi connectivity index (χ0) is 18.7. The van der Waals surface area contributed by atoms with Crippen molar-refractivity contribution in [1.29, 1.82) is 0 Å². The van der Waals surface area contributed by atoms with Crippen LogP contribution in [0.5, 0.6) is 0 Å². The molecular formula is C21H25N3O2. The third kappa shape index (κ3) is 3.35. The maximum absolute atomic E-state index is 13.4. The molecule has 0 aliphatic carbocycles. The molecule has 0 fully saturated rings. The lowest BCUT2D eigenvalue weighted by Gasteiger charge is -2.32. The molecule has 136 valence electrons. The topological polar surface area (TPSA) is 43.9 Å². The van der Waals surface area contributed by atoms with Crippen LogP contribution in [0, 0.1) is 0 Å². The molecule has 0 saturated heterocycles. The number of fused-ring (bicyclic) bond motifs is 2. The smallest absolute Gasteiger partial charge is 0.260 e. The number of carbonyl (C=O) groups excluding carboxylic acids is 2. The monoisotopic (exact) mass is 351 g/mol. The van der Waals surface area contributed by atoms with Crippen LogP contribution in [0.4, 0.5) is 11.4 Å². The summed E-state index contributed by atoms with van der Waals surface area (Å²) in [6.45, 7) is 3.89. The van der Waals surface area contributed by atoms with Crippen molar-refractivity contribution in [2.45, 2.75) is 13.3 Å². The van der Waals surface area contributed by atoms with Crippen LogP contribution in [-0.2, 0) is 0 Å². The van der Waals surface area contributed by atoms with Crippen LogP contribution in [0.25, 0.3) is 0 Å². The maximum Gasteiger partial charge on any atom is 0.260 e. The molecule has 1 aliphatic rings. The molecule has 0 spiro atoms. The van der Waals surface area contributed by atoms with Gasteiger partial charge in [0.25, 0.3) is 11.8 Å². The van der Waals surface area contributed by atoms with Crippen molar-refractivity contribution >= 4 is 23.2 Å². The van der Waals surface area contributed by atoms with Crippen LogP contribution in [0.3, 0.4) is 0 Å². The van der Waals surface area contributed by atoms with E-state index >= 15 is 0 Å². The van der Waals surface area contributed by atoms with Crippen molar-refractivity contribution in [3.05, 3.63) is 59.7 Å². The highest BCUT2D eigenvalue weighted by atomic mass is 16.2. The molecule has 2 aromatic carbocycles. The zero-order valence-corrected chi connectivity index (χ0v) is 15.6. The molecule has 1 aliphatic heterocycles. The number of carbonyl (C=O) groups is 2. The molecule has 0 N–H and O–H groups in total. The first kappa shape index (κ1) is 18.1. The van der Waals surface area contributed by atoms with Crippen LogP contribution < -0.4 is 9.80 Å². The Morgan fingerprint density at radius 1 is 0.808 bits per heavy atom. The predicted molar refractivity (Wildman–Crippen MR) is 105 cm³/mol. The average Bonchev–Trinajstić information content (AvgIpc) is 2.65. The molecule has 26 heavy (non-hydrogen) atoms. The van der Waals surface area contributed by atoms with E-state index in [0.29, 0.717) is 35.6 Å². The van der Waals surface area contributed by atoms with Gasteiger partial charge in [-0.3, -0.25) is 9.59 Å². The summed E-state index contributed by atoms with van der Waals surface area (Å²) in [6, 6.07) is 14.8. The summed E-state index contributed by atoms with van der Waals surface area (Å²) < 4.78 is 0. The Hall–Kier alpha value is -2.66. The molecule has 3 rings (SSSR count). The average molecular weight is 351 g/mol. The Morgan fingerprint density at radius 3 is 1.85 bits per heavy atom. The van der Waals surface area contributed by atoms with Crippen molar-refractivity contribution < 1.29 is 9.59 Å². The minimum atomic E-state index is -0.0688. The molecule has 0 saturated carbocycles. The van der Waals surface area contributed by atoms with Gasteiger partial charge in [0.1, 0.15) is 0 Å². The van der Waals surface area contributed by atoms with Gasteiger partial charge in [0.05, 0.1) is 22.5 Å². The Morgan fingerprint density at radius 2 is 1.31 bits per heavy atom. The molecule has 2 aromatic rings. The summed E-state index contributed by atoms with van der Waals surface area (Å²) in [5.74, 6) is -0.126. The van der Waals surface area contributed by atoms with E-state index in [1.165, 1.54) is 0 Å². The number of para-hydroxylation sites is 2. The van der Waals surface area contributed by atoms with E-state index in [0.717, 1.165) is 13.0 Å². The van der Waals surface area contributed by atoms with Crippen molar-refractivity contribution in [3.8, 4) is 0 Å². The second-order valence-electron chi connectivity index (χ2n) is 6.70. The molecule has 0 bridgehead atoms. The number of nitrogens with zero attached hydrogens (tertiary/aromatic N) is 3. The first-order chi connectivity index (χ1) is 12.5. The zero-order valence-electron chi connectivity index (χ0n) is 15.6. The fraction of sp³-hybridized carbons (Fsp3) is 0.333. The van der Waals surface area contributed by atoms with Crippen LogP contribution in [0.1, 0.15) is 34.1 Å². The highest BCUT2D eigenvalue weighted by Gasteiger charge is 2.31. The maximum atomic E-state index is 13.4. The molecule has 0 atom stereocenters. The standard InChI is InChI=1S/C21H25N3O2/c1-4-23-18-12-7-5-10-16(18)21(26)24(15-9-14-22(2)3)19-13-8-6-11-17(19)20(23)25/h5-8,10-13H,4,9,14-15H2,1-3H3. The van der Waals surface area contributed by atoms with Crippen molar-refractivity contribution in [3.63, 3.8) is 0 Å². The van der Waals surface area contributed by atoms with Gasteiger partial charge in [0, 0.05) is 13.1 Å². The van der Waals surface area contributed by atoms with Gasteiger partial charge in [0.2, 0.25) is 0 Å². The fourth-order valence-corrected chi connectivity index (χ4v) is 3.37. The van der Waals surface area contributed by atoms with Crippen molar-refractivity contribution in [2.24, 2.45) is 0 Å². The van der Waals surface area contributed by atoms with Crippen molar-refractivity contribution in [2.75, 3.05) is 43.5 Å². The van der Waals surface area contributed by atoms with Gasteiger partial charge in [0.15, 0.2) is 0 Å². The van der Waals surface area contributed by atoms with E-state index < -0.39 is 0 Å². The SMILES string of the molecule is CCN1C(=O)c2ccccc2N(CCCN(C)C)C(=O)c2ccccc21. The van der Waals surface area contributed by atoms with E-state index in [2.05, 4.69) is 4.90 Å².